The molecule has 0 radical (unpaired) electrons. The summed E-state index contributed by atoms with van der Waals surface area (Å²) >= 11 is 0. The van der Waals surface area contributed by atoms with Gasteiger partial charge in [0.15, 0.2) is 0 Å². The number of nitrogens with two attached hydrogens (primary N) is 3. The molecule has 80 valence electrons. The molecule has 0 bridgehead atoms. The number of rotatable bonds is 6. The van der Waals surface area contributed by atoms with E-state index in [0.717, 1.165) is 4.90 Å². The Morgan fingerprint density at radius 3 is 1.15 bits per heavy atom. The maximum Gasteiger partial charge on any atom is 0.123 e. The van der Waals surface area contributed by atoms with Crippen LogP contribution in [0.15, 0.2) is 0 Å². The van der Waals surface area contributed by atoms with Crippen molar-refractivity contribution in [2.45, 2.75) is 18.7 Å². The fourth-order valence-corrected chi connectivity index (χ4v) is 0.961. The smallest absolute Gasteiger partial charge is 0.123 e. The maximum absolute atomic E-state index is 9.29. The first-order chi connectivity index (χ1) is 6.08. The Hall–Kier alpha value is -0.280. The van der Waals surface area contributed by atoms with Gasteiger partial charge in [0.1, 0.15) is 18.7 Å². The molecule has 0 aromatic carbocycles. The van der Waals surface area contributed by atoms with Crippen LogP contribution in [-0.4, -0.2) is 58.5 Å². The predicted octanol–water partition coefficient (Wildman–Crippen LogP) is -3.88. The van der Waals surface area contributed by atoms with Gasteiger partial charge in [0.2, 0.25) is 0 Å². The lowest BCUT2D eigenvalue weighted by molar-refractivity contribution is -0.167. The summed E-state index contributed by atoms with van der Waals surface area (Å²) in [4.78, 5) is 0.958. The molecule has 9 N–H and O–H groups in total. The van der Waals surface area contributed by atoms with Crippen molar-refractivity contribution in [1.29, 1.82) is 0 Å². The zero-order chi connectivity index (χ0) is 10.4. The van der Waals surface area contributed by atoms with Gasteiger partial charge in [-0.05, 0) is 0 Å². The second-order valence-electron chi connectivity index (χ2n) is 2.60. The Bertz CT molecular complexity index is 113. The summed E-state index contributed by atoms with van der Waals surface area (Å²) in [6, 6.07) is 0. The van der Waals surface area contributed by atoms with Gasteiger partial charge in [0.25, 0.3) is 0 Å². The summed E-state index contributed by atoms with van der Waals surface area (Å²) in [5, 5.41) is 27.9. The lowest BCUT2D eigenvalue weighted by Crippen LogP contribution is -2.56. The van der Waals surface area contributed by atoms with Crippen LogP contribution < -0.4 is 17.2 Å². The second-order valence-corrected chi connectivity index (χ2v) is 2.60. The fourth-order valence-electron chi connectivity index (χ4n) is 0.961. The van der Waals surface area contributed by atoms with E-state index in [0.29, 0.717) is 0 Å². The molecule has 0 aromatic rings. The van der Waals surface area contributed by atoms with Crippen molar-refractivity contribution in [3.8, 4) is 0 Å². The average molecular weight is 194 g/mol. The number of aliphatic hydroxyl groups excluding tert-OH is 3. The van der Waals surface area contributed by atoms with Crippen LogP contribution in [0.25, 0.3) is 0 Å². The highest BCUT2D eigenvalue weighted by Crippen LogP contribution is 2.04. The highest BCUT2D eigenvalue weighted by Gasteiger charge is 2.26. The van der Waals surface area contributed by atoms with Crippen molar-refractivity contribution in [2.24, 2.45) is 17.2 Å². The Morgan fingerprint density at radius 1 is 0.769 bits per heavy atom. The zero-order valence-electron chi connectivity index (χ0n) is 7.37. The van der Waals surface area contributed by atoms with Gasteiger partial charge < -0.3 is 32.5 Å². The fraction of sp³-hybridized carbons (Fsp3) is 1.00. The minimum Gasteiger partial charge on any atom is -0.377 e. The minimum absolute atomic E-state index is 0.117. The SMILES string of the molecule is NCC(O)N(C(O)CN)C(O)CN. The summed E-state index contributed by atoms with van der Waals surface area (Å²) in [6.45, 7) is -0.351. The van der Waals surface area contributed by atoms with Crippen LogP contribution in [0.3, 0.4) is 0 Å². The van der Waals surface area contributed by atoms with Crippen LogP contribution in [0.5, 0.6) is 0 Å². The van der Waals surface area contributed by atoms with Crippen molar-refractivity contribution in [3.63, 3.8) is 0 Å². The number of aliphatic hydroxyl groups is 3. The van der Waals surface area contributed by atoms with Gasteiger partial charge in [0.05, 0.1) is 0 Å². The van der Waals surface area contributed by atoms with Crippen LogP contribution >= 0.6 is 0 Å². The van der Waals surface area contributed by atoms with Crippen molar-refractivity contribution < 1.29 is 15.3 Å². The van der Waals surface area contributed by atoms with E-state index in [-0.39, 0.29) is 19.6 Å². The van der Waals surface area contributed by atoms with Gasteiger partial charge in [-0.1, -0.05) is 0 Å². The van der Waals surface area contributed by atoms with E-state index in [1.165, 1.54) is 0 Å². The molecule has 0 aliphatic carbocycles. The molecule has 0 fully saturated rings. The van der Waals surface area contributed by atoms with E-state index >= 15 is 0 Å². The molecule has 0 aliphatic rings. The Kier molecular flexibility index (Phi) is 6.08. The molecule has 0 spiro atoms. The minimum atomic E-state index is -1.16. The van der Waals surface area contributed by atoms with Gasteiger partial charge in [-0.15, -0.1) is 0 Å². The van der Waals surface area contributed by atoms with Crippen molar-refractivity contribution >= 4 is 0 Å². The third kappa shape index (κ3) is 3.53. The molecule has 0 saturated carbocycles. The quantitative estimate of drug-likeness (QED) is 0.237. The zero-order valence-corrected chi connectivity index (χ0v) is 7.37. The normalized spacial score (nSPS) is 18.7. The third-order valence-electron chi connectivity index (χ3n) is 1.66. The first-order valence-corrected chi connectivity index (χ1v) is 4.00. The third-order valence-corrected chi connectivity index (χ3v) is 1.66. The summed E-state index contributed by atoms with van der Waals surface area (Å²) in [5.74, 6) is 0. The molecule has 13 heavy (non-hydrogen) atoms. The van der Waals surface area contributed by atoms with Crippen molar-refractivity contribution in [3.05, 3.63) is 0 Å². The van der Waals surface area contributed by atoms with E-state index in [4.69, 9.17) is 17.2 Å². The van der Waals surface area contributed by atoms with Crippen molar-refractivity contribution in [2.75, 3.05) is 19.6 Å². The second kappa shape index (κ2) is 6.22. The van der Waals surface area contributed by atoms with Gasteiger partial charge in [-0.25, -0.2) is 4.90 Å². The predicted molar refractivity (Wildman–Crippen MR) is 47.0 cm³/mol. The van der Waals surface area contributed by atoms with Gasteiger partial charge in [-0.3, -0.25) is 0 Å². The number of hydrogen-bond acceptors (Lipinski definition) is 7. The van der Waals surface area contributed by atoms with Gasteiger partial charge in [-0.2, -0.15) is 0 Å². The van der Waals surface area contributed by atoms with Crippen molar-refractivity contribution in [1.82, 2.24) is 4.90 Å². The molecular weight excluding hydrogens is 176 g/mol. The van der Waals surface area contributed by atoms with Crippen LogP contribution in [0.2, 0.25) is 0 Å². The van der Waals surface area contributed by atoms with Gasteiger partial charge in [0, 0.05) is 19.6 Å². The number of hydrogen-bond donors (Lipinski definition) is 6. The summed E-state index contributed by atoms with van der Waals surface area (Å²) in [5.41, 5.74) is 15.5. The van der Waals surface area contributed by atoms with Crippen LogP contribution in [0, 0.1) is 0 Å². The topological polar surface area (TPSA) is 142 Å². The first-order valence-electron chi connectivity index (χ1n) is 4.00. The van der Waals surface area contributed by atoms with E-state index in [1.807, 2.05) is 0 Å². The molecule has 7 nitrogen and oxygen atoms in total. The van der Waals surface area contributed by atoms with E-state index in [2.05, 4.69) is 0 Å². The molecule has 0 aliphatic heterocycles. The summed E-state index contributed by atoms with van der Waals surface area (Å²) in [6.07, 6.45) is -3.47. The molecule has 3 atom stereocenters. The Balaban J connectivity index is 4.34. The van der Waals surface area contributed by atoms with Crippen LogP contribution in [0.4, 0.5) is 0 Å². The van der Waals surface area contributed by atoms with Gasteiger partial charge >= 0.3 is 0 Å². The summed E-state index contributed by atoms with van der Waals surface area (Å²) < 4.78 is 0. The molecule has 7 heteroatoms. The van der Waals surface area contributed by atoms with Crippen LogP contribution in [0.1, 0.15) is 0 Å². The van der Waals surface area contributed by atoms with E-state index in [9.17, 15) is 15.3 Å². The standard InChI is InChI=1S/C6H18N4O3/c7-1-4(11)10(5(12)2-8)6(13)3-9/h4-6,11-13H,1-3,7-9H2. The Labute approximate surface area is 76.7 Å². The molecule has 0 amide bonds. The highest BCUT2D eigenvalue weighted by molar-refractivity contribution is 4.70. The molecule has 0 rings (SSSR count). The van der Waals surface area contributed by atoms with E-state index < -0.39 is 18.7 Å². The monoisotopic (exact) mass is 194 g/mol. The number of nitrogens with zero attached hydrogens (tertiary/aromatic N) is 1. The lowest BCUT2D eigenvalue weighted by Gasteiger charge is -2.34. The molecule has 0 aromatic heterocycles. The average Bonchev–Trinajstić information content (AvgIpc) is 2.16. The molecular formula is C6H18N4O3. The maximum atomic E-state index is 9.29. The van der Waals surface area contributed by atoms with Crippen LogP contribution in [-0.2, 0) is 0 Å². The molecule has 3 unspecified atom stereocenters. The lowest BCUT2D eigenvalue weighted by atomic mass is 10.3. The first kappa shape index (κ1) is 12.7. The molecule has 0 heterocycles. The largest absolute Gasteiger partial charge is 0.377 e. The molecule has 0 saturated heterocycles. The summed E-state index contributed by atoms with van der Waals surface area (Å²) in [7, 11) is 0. The van der Waals surface area contributed by atoms with E-state index in [1.54, 1.807) is 0 Å². The Morgan fingerprint density at radius 2 is 1.00 bits per heavy atom. The highest BCUT2D eigenvalue weighted by atomic mass is 16.4.